The van der Waals surface area contributed by atoms with E-state index >= 15 is 0 Å². The summed E-state index contributed by atoms with van der Waals surface area (Å²) in [5.41, 5.74) is 5.56. The molecule has 0 saturated carbocycles. The summed E-state index contributed by atoms with van der Waals surface area (Å²) in [6.45, 7) is 4.05. The summed E-state index contributed by atoms with van der Waals surface area (Å²) in [7, 11) is 0. The van der Waals surface area contributed by atoms with E-state index in [2.05, 4.69) is 4.98 Å². The number of aromatic nitrogens is 1. The van der Waals surface area contributed by atoms with Crippen LogP contribution in [0.4, 0.5) is 0 Å². The average molecular weight is 225 g/mol. The number of rotatable bonds is 3. The van der Waals surface area contributed by atoms with E-state index < -0.39 is 0 Å². The molecule has 82 valence electrons. The van der Waals surface area contributed by atoms with E-state index in [4.69, 9.17) is 5.73 Å². The molecule has 1 amide bonds. The minimum Gasteiger partial charge on any atom is -0.336 e. The van der Waals surface area contributed by atoms with Crippen molar-refractivity contribution in [3.63, 3.8) is 0 Å². The van der Waals surface area contributed by atoms with Gasteiger partial charge in [0.15, 0.2) is 0 Å². The second kappa shape index (κ2) is 4.28. The first-order chi connectivity index (χ1) is 7.19. The first kappa shape index (κ1) is 10.6. The Morgan fingerprint density at radius 2 is 2.53 bits per heavy atom. The van der Waals surface area contributed by atoms with Crippen LogP contribution in [0.25, 0.3) is 0 Å². The van der Waals surface area contributed by atoms with Crippen molar-refractivity contribution in [3.8, 4) is 0 Å². The number of carbonyl (C=O) groups excluding carboxylic acids is 1. The van der Waals surface area contributed by atoms with E-state index in [-0.39, 0.29) is 5.91 Å². The molecule has 0 aliphatic carbocycles. The van der Waals surface area contributed by atoms with Crippen LogP contribution in [0.1, 0.15) is 16.3 Å². The quantitative estimate of drug-likeness (QED) is 0.826. The number of amides is 1. The van der Waals surface area contributed by atoms with Gasteiger partial charge < -0.3 is 10.6 Å². The molecule has 15 heavy (non-hydrogen) atoms. The molecule has 1 fully saturated rings. The zero-order valence-corrected chi connectivity index (χ0v) is 9.59. The zero-order chi connectivity index (χ0) is 10.8. The summed E-state index contributed by atoms with van der Waals surface area (Å²) in [5.74, 6) is 0.539. The third-order valence-corrected chi connectivity index (χ3v) is 3.52. The number of carbonyl (C=O) groups is 1. The molecule has 1 saturated heterocycles. The van der Waals surface area contributed by atoms with Crippen molar-refractivity contribution >= 4 is 17.2 Å². The molecule has 2 rings (SSSR count). The molecule has 0 bridgehead atoms. The van der Waals surface area contributed by atoms with Crippen LogP contribution in [0.15, 0.2) is 6.20 Å². The Labute approximate surface area is 93.1 Å². The van der Waals surface area contributed by atoms with Gasteiger partial charge in [-0.2, -0.15) is 0 Å². The first-order valence-corrected chi connectivity index (χ1v) is 5.90. The molecule has 5 heteroatoms. The molecular weight excluding hydrogens is 210 g/mol. The molecule has 0 spiro atoms. The molecule has 1 aliphatic heterocycles. The molecule has 2 N–H and O–H groups in total. The summed E-state index contributed by atoms with van der Waals surface area (Å²) in [6, 6.07) is 0. The number of likely N-dealkylation sites (tertiary alicyclic amines) is 1. The third-order valence-electron chi connectivity index (χ3n) is 2.62. The lowest BCUT2D eigenvalue weighted by atomic mass is 10.1. The van der Waals surface area contributed by atoms with E-state index in [0.29, 0.717) is 25.4 Å². The Kier molecular flexibility index (Phi) is 3.02. The van der Waals surface area contributed by atoms with Crippen LogP contribution in [0.2, 0.25) is 0 Å². The van der Waals surface area contributed by atoms with Crippen molar-refractivity contribution in [2.24, 2.45) is 11.7 Å². The maximum Gasteiger partial charge on any atom is 0.223 e. The Morgan fingerprint density at radius 3 is 3.07 bits per heavy atom. The molecule has 2 heterocycles. The van der Waals surface area contributed by atoms with Crippen molar-refractivity contribution in [3.05, 3.63) is 16.1 Å². The van der Waals surface area contributed by atoms with Crippen LogP contribution in [0, 0.1) is 12.8 Å². The topological polar surface area (TPSA) is 59.2 Å². The number of aryl methyl sites for hydroxylation is 1. The third kappa shape index (κ3) is 2.35. The van der Waals surface area contributed by atoms with E-state index in [1.165, 1.54) is 4.88 Å². The summed E-state index contributed by atoms with van der Waals surface area (Å²) in [4.78, 5) is 18.9. The second-order valence-electron chi connectivity index (χ2n) is 3.94. The number of hydrogen-bond donors (Lipinski definition) is 1. The van der Waals surface area contributed by atoms with Gasteiger partial charge in [-0.15, -0.1) is 11.3 Å². The highest BCUT2D eigenvalue weighted by Crippen LogP contribution is 2.21. The van der Waals surface area contributed by atoms with E-state index in [0.717, 1.165) is 11.6 Å². The molecule has 1 unspecified atom stereocenters. The maximum absolute atomic E-state index is 11.6. The van der Waals surface area contributed by atoms with Gasteiger partial charge in [0.25, 0.3) is 0 Å². The van der Waals surface area contributed by atoms with Gasteiger partial charge in [-0.05, 0) is 19.4 Å². The van der Waals surface area contributed by atoms with Gasteiger partial charge in [0.2, 0.25) is 5.91 Å². The smallest absolute Gasteiger partial charge is 0.223 e. The largest absolute Gasteiger partial charge is 0.336 e. The molecule has 1 aromatic heterocycles. The number of nitrogens with zero attached hydrogens (tertiary/aromatic N) is 2. The SMILES string of the molecule is Cc1cnc(CN2CC(CN)CC2=O)s1. The number of hydrogen-bond acceptors (Lipinski definition) is 4. The Balaban J connectivity index is 1.98. The van der Waals surface area contributed by atoms with Gasteiger partial charge in [-0.3, -0.25) is 4.79 Å². The van der Waals surface area contributed by atoms with Gasteiger partial charge in [-0.1, -0.05) is 0 Å². The van der Waals surface area contributed by atoms with Crippen LogP contribution in [-0.2, 0) is 11.3 Å². The van der Waals surface area contributed by atoms with Crippen molar-refractivity contribution in [1.82, 2.24) is 9.88 Å². The monoisotopic (exact) mass is 225 g/mol. The number of thiazole rings is 1. The van der Waals surface area contributed by atoms with E-state index in [9.17, 15) is 4.79 Å². The Bertz CT molecular complexity index is 363. The molecule has 0 aromatic carbocycles. The molecular formula is C10H15N3OS. The summed E-state index contributed by atoms with van der Waals surface area (Å²) < 4.78 is 0. The molecule has 1 aromatic rings. The predicted octanol–water partition coefficient (Wildman–Crippen LogP) is 0.759. The summed E-state index contributed by atoms with van der Waals surface area (Å²) in [6.07, 6.45) is 2.45. The summed E-state index contributed by atoms with van der Waals surface area (Å²) in [5, 5.41) is 1.01. The zero-order valence-electron chi connectivity index (χ0n) is 8.77. The maximum atomic E-state index is 11.6. The van der Waals surface area contributed by atoms with Gasteiger partial charge in [0, 0.05) is 24.0 Å². The molecule has 4 nitrogen and oxygen atoms in total. The number of nitrogens with two attached hydrogens (primary N) is 1. The van der Waals surface area contributed by atoms with Crippen molar-refractivity contribution in [1.29, 1.82) is 0 Å². The van der Waals surface area contributed by atoms with Gasteiger partial charge >= 0.3 is 0 Å². The van der Waals surface area contributed by atoms with Crippen molar-refractivity contribution in [2.45, 2.75) is 19.9 Å². The minimum absolute atomic E-state index is 0.207. The highest BCUT2D eigenvalue weighted by molar-refractivity contribution is 7.11. The molecule has 1 atom stereocenters. The highest BCUT2D eigenvalue weighted by atomic mass is 32.1. The van der Waals surface area contributed by atoms with Crippen LogP contribution >= 0.6 is 11.3 Å². The van der Waals surface area contributed by atoms with Crippen molar-refractivity contribution < 1.29 is 4.79 Å². The average Bonchev–Trinajstić information content (AvgIpc) is 2.75. The van der Waals surface area contributed by atoms with Gasteiger partial charge in [-0.25, -0.2) is 4.98 Å². The van der Waals surface area contributed by atoms with Gasteiger partial charge in [0.1, 0.15) is 5.01 Å². The van der Waals surface area contributed by atoms with Crippen molar-refractivity contribution in [2.75, 3.05) is 13.1 Å². The summed E-state index contributed by atoms with van der Waals surface area (Å²) >= 11 is 1.65. The van der Waals surface area contributed by atoms with Crippen LogP contribution in [-0.4, -0.2) is 28.9 Å². The minimum atomic E-state index is 0.207. The van der Waals surface area contributed by atoms with Crippen LogP contribution < -0.4 is 5.73 Å². The Hall–Kier alpha value is -0.940. The van der Waals surface area contributed by atoms with E-state index in [1.54, 1.807) is 11.3 Å². The lowest BCUT2D eigenvalue weighted by molar-refractivity contribution is -0.128. The highest BCUT2D eigenvalue weighted by Gasteiger charge is 2.28. The predicted molar refractivity (Wildman–Crippen MR) is 59.4 cm³/mol. The second-order valence-corrected chi connectivity index (χ2v) is 5.26. The lowest BCUT2D eigenvalue weighted by Gasteiger charge is -2.14. The van der Waals surface area contributed by atoms with Gasteiger partial charge in [0.05, 0.1) is 6.54 Å². The molecule has 0 radical (unpaired) electrons. The van der Waals surface area contributed by atoms with Crippen LogP contribution in [0.5, 0.6) is 0 Å². The normalized spacial score (nSPS) is 21.3. The Morgan fingerprint density at radius 1 is 1.73 bits per heavy atom. The lowest BCUT2D eigenvalue weighted by Crippen LogP contribution is -2.25. The standard InChI is InChI=1S/C10H15N3OS/c1-7-4-12-9(15-7)6-13-5-8(3-11)2-10(13)14/h4,8H,2-3,5-6,11H2,1H3. The molecule has 1 aliphatic rings. The fourth-order valence-electron chi connectivity index (χ4n) is 1.80. The van der Waals surface area contributed by atoms with Crippen LogP contribution in [0.3, 0.4) is 0 Å². The fraction of sp³-hybridized carbons (Fsp3) is 0.600. The first-order valence-electron chi connectivity index (χ1n) is 5.08. The fourth-order valence-corrected chi connectivity index (χ4v) is 2.61. The van der Waals surface area contributed by atoms with E-state index in [1.807, 2.05) is 18.0 Å².